The minimum atomic E-state index is -0.114. The van der Waals surface area contributed by atoms with E-state index in [4.69, 9.17) is 0 Å². The molecule has 1 aliphatic rings. The van der Waals surface area contributed by atoms with Gasteiger partial charge in [0.2, 0.25) is 0 Å². The zero-order valence-corrected chi connectivity index (χ0v) is 16.9. The molecule has 0 aliphatic carbocycles. The van der Waals surface area contributed by atoms with Crippen molar-refractivity contribution in [2.45, 2.75) is 4.90 Å². The van der Waals surface area contributed by atoms with E-state index in [-0.39, 0.29) is 5.91 Å². The molecule has 3 aromatic carbocycles. The van der Waals surface area contributed by atoms with E-state index < -0.39 is 0 Å². The number of hydrogen-bond acceptors (Lipinski definition) is 4. The first-order valence-corrected chi connectivity index (χ1v) is 10.8. The smallest absolute Gasteiger partial charge is 0.264 e. The molecule has 3 nitrogen and oxygen atoms in total. The molecule has 0 saturated carbocycles. The van der Waals surface area contributed by atoms with Gasteiger partial charge in [0.25, 0.3) is 5.91 Å². The first-order valence-electron chi connectivity index (χ1n) is 8.80. The van der Waals surface area contributed by atoms with Gasteiger partial charge in [-0.1, -0.05) is 54.6 Å². The van der Waals surface area contributed by atoms with Crippen molar-refractivity contribution in [2.75, 3.05) is 6.26 Å². The third-order valence-electron chi connectivity index (χ3n) is 4.27. The van der Waals surface area contributed by atoms with Gasteiger partial charge in [-0.15, -0.1) is 11.8 Å². The Morgan fingerprint density at radius 2 is 1.54 bits per heavy atom. The van der Waals surface area contributed by atoms with Crippen LogP contribution in [0.1, 0.15) is 5.56 Å². The van der Waals surface area contributed by atoms with Crippen LogP contribution in [0.4, 0.5) is 5.69 Å². The van der Waals surface area contributed by atoms with Crippen molar-refractivity contribution in [3.05, 3.63) is 89.3 Å². The summed E-state index contributed by atoms with van der Waals surface area (Å²) in [6.45, 7) is 0. The molecule has 0 spiro atoms. The average Bonchev–Trinajstić information content (AvgIpc) is 3.08. The number of carbonyl (C=O) groups is 1. The highest BCUT2D eigenvalue weighted by Crippen LogP contribution is 2.29. The van der Waals surface area contributed by atoms with Crippen LogP contribution in [0.3, 0.4) is 0 Å². The molecule has 0 bridgehead atoms. The fraction of sp³-hybridized carbons (Fsp3) is 0.0435. The minimum absolute atomic E-state index is 0.114. The summed E-state index contributed by atoms with van der Waals surface area (Å²) in [4.78, 5) is 18.6. The molecule has 3 aromatic rings. The first-order chi connectivity index (χ1) is 13.7. The summed E-state index contributed by atoms with van der Waals surface area (Å²) in [6.07, 6.45) is 3.97. The lowest BCUT2D eigenvalue weighted by Crippen LogP contribution is -2.19. The summed E-state index contributed by atoms with van der Waals surface area (Å²) in [5, 5.41) is 3.43. The van der Waals surface area contributed by atoms with Crippen LogP contribution in [-0.4, -0.2) is 17.3 Å². The van der Waals surface area contributed by atoms with Crippen molar-refractivity contribution in [1.82, 2.24) is 5.32 Å². The lowest BCUT2D eigenvalue weighted by Gasteiger charge is -2.04. The number of carbonyl (C=O) groups excluding carboxylic acids is 1. The number of nitrogens with zero attached hydrogens (tertiary/aromatic N) is 1. The van der Waals surface area contributed by atoms with E-state index in [9.17, 15) is 4.79 Å². The maximum atomic E-state index is 12.2. The topological polar surface area (TPSA) is 41.5 Å². The monoisotopic (exact) mass is 402 g/mol. The number of amides is 1. The fourth-order valence-electron chi connectivity index (χ4n) is 2.81. The number of aliphatic imine (C=N–C) groups is 1. The number of nitrogens with one attached hydrogen (secondary N) is 1. The zero-order valence-electron chi connectivity index (χ0n) is 15.3. The zero-order chi connectivity index (χ0) is 19.3. The third-order valence-corrected chi connectivity index (χ3v) is 5.92. The number of benzene rings is 3. The summed E-state index contributed by atoms with van der Waals surface area (Å²) in [7, 11) is 0. The van der Waals surface area contributed by atoms with Gasteiger partial charge in [-0.25, -0.2) is 4.99 Å². The maximum Gasteiger partial charge on any atom is 0.264 e. The Labute approximate surface area is 173 Å². The van der Waals surface area contributed by atoms with Gasteiger partial charge < -0.3 is 5.32 Å². The fourth-order valence-corrected chi connectivity index (χ4v) is 4.06. The Morgan fingerprint density at radius 1 is 0.893 bits per heavy atom. The maximum absolute atomic E-state index is 12.2. The van der Waals surface area contributed by atoms with E-state index in [0.29, 0.717) is 10.1 Å². The summed E-state index contributed by atoms with van der Waals surface area (Å²) >= 11 is 3.10. The van der Waals surface area contributed by atoms with Crippen molar-refractivity contribution in [2.24, 2.45) is 4.99 Å². The van der Waals surface area contributed by atoms with Crippen LogP contribution in [-0.2, 0) is 4.79 Å². The largest absolute Gasteiger partial charge is 0.300 e. The molecule has 1 heterocycles. The Kier molecular flexibility index (Phi) is 5.65. The molecule has 0 aromatic heterocycles. The van der Waals surface area contributed by atoms with Crippen LogP contribution in [0.5, 0.6) is 0 Å². The molecule has 1 N–H and O–H groups in total. The Hall–Kier alpha value is -2.76. The van der Waals surface area contributed by atoms with Gasteiger partial charge in [-0.3, -0.25) is 4.79 Å². The normalized spacial score (nSPS) is 16.5. The molecule has 1 aliphatic heterocycles. The summed E-state index contributed by atoms with van der Waals surface area (Å²) in [5.41, 5.74) is 4.15. The predicted molar refractivity (Wildman–Crippen MR) is 121 cm³/mol. The van der Waals surface area contributed by atoms with Crippen molar-refractivity contribution < 1.29 is 4.79 Å². The van der Waals surface area contributed by atoms with E-state index in [1.165, 1.54) is 22.2 Å². The number of thioether (sulfide) groups is 2. The van der Waals surface area contributed by atoms with Gasteiger partial charge in [0.05, 0.1) is 10.6 Å². The molecule has 28 heavy (non-hydrogen) atoms. The average molecular weight is 403 g/mol. The quantitative estimate of drug-likeness (QED) is 0.432. The van der Waals surface area contributed by atoms with Crippen LogP contribution in [0, 0.1) is 0 Å². The summed E-state index contributed by atoms with van der Waals surface area (Å²) in [5.74, 6) is -0.114. The SMILES string of the molecule is CSc1ccc(-c2ccc(C=C3SC(=Nc4ccccc4)NC3=O)cc2)cc1. The van der Waals surface area contributed by atoms with Crippen molar-refractivity contribution in [3.8, 4) is 11.1 Å². The molecule has 1 fully saturated rings. The van der Waals surface area contributed by atoms with E-state index in [2.05, 4.69) is 53.0 Å². The minimum Gasteiger partial charge on any atom is -0.300 e. The van der Waals surface area contributed by atoms with Gasteiger partial charge in [0, 0.05) is 4.90 Å². The predicted octanol–water partition coefficient (Wildman–Crippen LogP) is 5.97. The van der Waals surface area contributed by atoms with E-state index in [1.54, 1.807) is 11.8 Å². The summed E-state index contributed by atoms with van der Waals surface area (Å²) < 4.78 is 0. The van der Waals surface area contributed by atoms with Crippen molar-refractivity contribution in [1.29, 1.82) is 0 Å². The highest BCUT2D eigenvalue weighted by Gasteiger charge is 2.23. The van der Waals surface area contributed by atoms with E-state index in [0.717, 1.165) is 16.8 Å². The van der Waals surface area contributed by atoms with E-state index in [1.807, 2.05) is 48.5 Å². The highest BCUT2D eigenvalue weighted by atomic mass is 32.2. The van der Waals surface area contributed by atoms with Crippen LogP contribution in [0.15, 0.2) is 93.7 Å². The van der Waals surface area contributed by atoms with Crippen LogP contribution >= 0.6 is 23.5 Å². The number of para-hydroxylation sites is 1. The van der Waals surface area contributed by atoms with Crippen LogP contribution in [0.2, 0.25) is 0 Å². The second-order valence-corrected chi connectivity index (χ2v) is 8.08. The summed E-state index contributed by atoms with van der Waals surface area (Å²) in [6, 6.07) is 26.4. The van der Waals surface area contributed by atoms with Gasteiger partial charge in [0.15, 0.2) is 5.17 Å². The molecule has 0 radical (unpaired) electrons. The molecule has 0 atom stereocenters. The molecule has 1 amide bonds. The molecule has 4 rings (SSSR count). The highest BCUT2D eigenvalue weighted by molar-refractivity contribution is 8.18. The molecular formula is C23H18N2OS2. The van der Waals surface area contributed by atoms with Gasteiger partial charge in [0.1, 0.15) is 0 Å². The standard InChI is InChI=1S/C23H18N2OS2/c1-27-20-13-11-18(12-14-20)17-9-7-16(8-10-17)15-21-22(26)25-23(28-21)24-19-5-3-2-4-6-19/h2-15H,1H3,(H,24,25,26). The van der Waals surface area contributed by atoms with Crippen LogP contribution in [0.25, 0.3) is 17.2 Å². The van der Waals surface area contributed by atoms with Gasteiger partial charge >= 0.3 is 0 Å². The van der Waals surface area contributed by atoms with E-state index >= 15 is 0 Å². The van der Waals surface area contributed by atoms with Crippen molar-refractivity contribution in [3.63, 3.8) is 0 Å². The van der Waals surface area contributed by atoms with Crippen molar-refractivity contribution >= 4 is 46.4 Å². The first kappa shape index (κ1) is 18.6. The molecule has 0 unspecified atom stereocenters. The third kappa shape index (κ3) is 4.38. The lowest BCUT2D eigenvalue weighted by atomic mass is 10.0. The molecule has 138 valence electrons. The Balaban J connectivity index is 1.51. The molecule has 5 heteroatoms. The van der Waals surface area contributed by atoms with Crippen LogP contribution < -0.4 is 5.32 Å². The molecular weight excluding hydrogens is 384 g/mol. The van der Waals surface area contributed by atoms with Gasteiger partial charge in [-0.2, -0.15) is 0 Å². The Morgan fingerprint density at radius 3 is 2.18 bits per heavy atom. The number of rotatable bonds is 4. The Bertz CT molecular complexity index is 1040. The van der Waals surface area contributed by atoms with Gasteiger partial charge in [-0.05, 0) is 65.0 Å². The second-order valence-electron chi connectivity index (χ2n) is 6.17. The molecule has 1 saturated heterocycles. The second kappa shape index (κ2) is 8.50. The number of amidine groups is 1. The lowest BCUT2D eigenvalue weighted by molar-refractivity contribution is -0.115. The number of hydrogen-bond donors (Lipinski definition) is 1.